The summed E-state index contributed by atoms with van der Waals surface area (Å²) in [6.07, 6.45) is 2.78. The second-order valence-electron chi connectivity index (χ2n) is 3.83. The van der Waals surface area contributed by atoms with Crippen molar-refractivity contribution in [1.29, 1.82) is 0 Å². The maximum atomic E-state index is 12.2. The fourth-order valence-electron chi connectivity index (χ4n) is 1.35. The molecule has 1 aromatic rings. The molecule has 6 nitrogen and oxygen atoms in total. The van der Waals surface area contributed by atoms with Crippen LogP contribution < -0.4 is 5.69 Å². The number of rotatable bonds is 5. The van der Waals surface area contributed by atoms with E-state index in [1.54, 1.807) is 20.5 Å². The van der Waals surface area contributed by atoms with Crippen LogP contribution in [0.4, 0.5) is 0 Å². The Labute approximate surface area is 111 Å². The summed E-state index contributed by atoms with van der Waals surface area (Å²) < 4.78 is 27.1. The molecule has 1 rings (SSSR count). The first kappa shape index (κ1) is 15.7. The van der Waals surface area contributed by atoms with E-state index in [4.69, 9.17) is 0 Å². The van der Waals surface area contributed by atoms with Crippen LogP contribution in [-0.4, -0.2) is 35.0 Å². The number of hydrogen-bond acceptors (Lipinski definition) is 4. The zero-order chi connectivity index (χ0) is 13.9. The second kappa shape index (κ2) is 6.20. The van der Waals surface area contributed by atoms with E-state index in [0.717, 1.165) is 6.20 Å². The van der Waals surface area contributed by atoms with Gasteiger partial charge in [0.05, 0.1) is 6.20 Å². The minimum absolute atomic E-state index is 0.0487. The van der Waals surface area contributed by atoms with E-state index in [9.17, 15) is 13.2 Å². The molecule has 0 aliphatic carbocycles. The number of sulfonamides is 1. The molecule has 18 heavy (non-hydrogen) atoms. The van der Waals surface area contributed by atoms with E-state index in [-0.39, 0.29) is 19.7 Å². The lowest BCUT2D eigenvalue weighted by atomic mass is 10.4. The van der Waals surface area contributed by atoms with Crippen LogP contribution in [0.5, 0.6) is 0 Å². The van der Waals surface area contributed by atoms with Crippen molar-refractivity contribution in [3.63, 3.8) is 0 Å². The van der Waals surface area contributed by atoms with Crippen molar-refractivity contribution >= 4 is 28.0 Å². The molecule has 0 bridgehead atoms. The van der Waals surface area contributed by atoms with Gasteiger partial charge in [-0.25, -0.2) is 18.2 Å². The molecule has 0 aliphatic rings. The van der Waals surface area contributed by atoms with Gasteiger partial charge in [0.15, 0.2) is 0 Å². The van der Waals surface area contributed by atoms with Gasteiger partial charge in [-0.1, -0.05) is 0 Å². The lowest BCUT2D eigenvalue weighted by Crippen LogP contribution is -2.28. The van der Waals surface area contributed by atoms with Crippen LogP contribution in [0.3, 0.4) is 0 Å². The molecule has 0 saturated heterocycles. The van der Waals surface area contributed by atoms with E-state index in [1.807, 2.05) is 0 Å². The Bertz CT molecular complexity index is 567. The highest BCUT2D eigenvalue weighted by atomic mass is 32.2. The molecule has 0 radical (unpaired) electrons. The van der Waals surface area contributed by atoms with Gasteiger partial charge in [0.25, 0.3) is 0 Å². The molecule has 0 amide bonds. The summed E-state index contributed by atoms with van der Waals surface area (Å²) in [5.41, 5.74) is -0.444. The van der Waals surface area contributed by atoms with Gasteiger partial charge in [0.1, 0.15) is 4.90 Å². The van der Waals surface area contributed by atoms with E-state index >= 15 is 0 Å². The zero-order valence-corrected chi connectivity index (χ0v) is 13.5. The highest BCUT2D eigenvalue weighted by Crippen LogP contribution is 2.25. The fourth-order valence-corrected chi connectivity index (χ4v) is 4.83. The van der Waals surface area contributed by atoms with Crippen molar-refractivity contribution in [2.45, 2.75) is 24.8 Å². The average Bonchev–Trinajstić information content (AvgIpc) is 2.30. The van der Waals surface area contributed by atoms with Crippen molar-refractivity contribution in [2.75, 3.05) is 13.0 Å². The largest absolute Gasteiger partial charge is 0.347 e. The van der Waals surface area contributed by atoms with E-state index < -0.39 is 15.7 Å². The van der Waals surface area contributed by atoms with Crippen LogP contribution in [0.25, 0.3) is 0 Å². The van der Waals surface area contributed by atoms with Crippen LogP contribution in [0.1, 0.15) is 19.9 Å². The lowest BCUT2D eigenvalue weighted by molar-refractivity contribution is 0.537. The first-order chi connectivity index (χ1) is 8.34. The van der Waals surface area contributed by atoms with Crippen molar-refractivity contribution in [2.24, 2.45) is 0 Å². The molecular weight excluding hydrogens is 292 g/mol. The number of nitrogens with zero attached hydrogens (tertiary/aromatic N) is 3. The maximum Gasteiger partial charge on any atom is 0.347 e. The van der Waals surface area contributed by atoms with Crippen LogP contribution in [-0.2, 0) is 10.0 Å². The maximum absolute atomic E-state index is 12.2. The summed E-state index contributed by atoms with van der Waals surface area (Å²) in [4.78, 5) is 15.2. The predicted octanol–water partition coefficient (Wildman–Crippen LogP) is 0.871. The average molecular weight is 309 g/mol. The normalized spacial score (nSPS) is 13.0. The Morgan fingerprint density at radius 1 is 1.56 bits per heavy atom. The van der Waals surface area contributed by atoms with Gasteiger partial charge in [-0.15, -0.1) is 9.24 Å². The molecule has 0 aromatic carbocycles. The Morgan fingerprint density at radius 3 is 2.61 bits per heavy atom. The number of hydrogen-bond donors (Lipinski definition) is 0. The molecule has 2 atom stereocenters. The smallest absolute Gasteiger partial charge is 0.295 e. The molecule has 9 heteroatoms. The standard InChI is InChI=1S/C9H17N3O3P2S/c1-7(2)11-5-8(4-10-9(11)13)18(14,15)12(6-16)17-3/h4-5,7,17H,6,16H2,1-3H3. The Morgan fingerprint density at radius 2 is 2.17 bits per heavy atom. The van der Waals surface area contributed by atoms with Gasteiger partial charge < -0.3 is 0 Å². The van der Waals surface area contributed by atoms with Crippen molar-refractivity contribution in [3.05, 3.63) is 22.9 Å². The third-order valence-corrected chi connectivity index (χ3v) is 6.83. The molecule has 0 spiro atoms. The van der Waals surface area contributed by atoms with Gasteiger partial charge >= 0.3 is 5.69 Å². The molecule has 1 heterocycles. The summed E-state index contributed by atoms with van der Waals surface area (Å²) in [6, 6.07) is -0.131. The second-order valence-corrected chi connectivity index (χ2v) is 7.37. The summed E-state index contributed by atoms with van der Waals surface area (Å²) >= 11 is 0. The van der Waals surface area contributed by atoms with Gasteiger partial charge in [-0.3, -0.25) is 4.57 Å². The van der Waals surface area contributed by atoms with E-state index in [1.165, 1.54) is 14.8 Å². The van der Waals surface area contributed by atoms with Crippen molar-refractivity contribution in [3.8, 4) is 0 Å². The molecule has 102 valence electrons. The van der Waals surface area contributed by atoms with Crippen LogP contribution >= 0.6 is 18.0 Å². The van der Waals surface area contributed by atoms with Gasteiger partial charge in [0.2, 0.25) is 10.0 Å². The van der Waals surface area contributed by atoms with Gasteiger partial charge in [-0.2, -0.15) is 4.08 Å². The summed E-state index contributed by atoms with van der Waals surface area (Å²) in [5.74, 6) is 0. The summed E-state index contributed by atoms with van der Waals surface area (Å²) in [5, 5.41) is 0. The summed E-state index contributed by atoms with van der Waals surface area (Å²) in [6.45, 7) is 5.39. The predicted molar refractivity (Wildman–Crippen MR) is 76.7 cm³/mol. The SMILES string of the molecule is CPN(CP)S(=O)(=O)c1cnc(=O)n(C(C)C)c1. The van der Waals surface area contributed by atoms with Crippen molar-refractivity contribution < 1.29 is 8.42 Å². The highest BCUT2D eigenvalue weighted by Gasteiger charge is 2.23. The van der Waals surface area contributed by atoms with Gasteiger partial charge in [0, 0.05) is 18.5 Å². The molecule has 0 aliphatic heterocycles. The first-order valence-corrected chi connectivity index (χ1v) is 9.03. The first-order valence-electron chi connectivity index (χ1n) is 5.33. The van der Waals surface area contributed by atoms with Crippen molar-refractivity contribution in [1.82, 2.24) is 13.6 Å². The van der Waals surface area contributed by atoms with E-state index in [2.05, 4.69) is 14.2 Å². The van der Waals surface area contributed by atoms with Crippen LogP contribution in [0, 0.1) is 0 Å². The highest BCUT2D eigenvalue weighted by molar-refractivity contribution is 7.93. The Kier molecular flexibility index (Phi) is 5.41. The third-order valence-electron chi connectivity index (χ3n) is 2.35. The van der Waals surface area contributed by atoms with Crippen LogP contribution in [0.2, 0.25) is 0 Å². The van der Waals surface area contributed by atoms with Gasteiger partial charge in [-0.05, 0) is 29.2 Å². The number of aromatic nitrogens is 2. The fraction of sp³-hybridized carbons (Fsp3) is 0.556. The monoisotopic (exact) mass is 309 g/mol. The van der Waals surface area contributed by atoms with E-state index in [0.29, 0.717) is 6.29 Å². The molecule has 1 aromatic heterocycles. The molecule has 0 saturated carbocycles. The zero-order valence-electron chi connectivity index (χ0n) is 10.5. The minimum Gasteiger partial charge on any atom is -0.295 e. The molecular formula is C9H17N3O3P2S. The third kappa shape index (κ3) is 3.15. The topological polar surface area (TPSA) is 72.3 Å². The van der Waals surface area contributed by atoms with Crippen LogP contribution in [0.15, 0.2) is 22.1 Å². The molecule has 0 fully saturated rings. The molecule has 2 unspecified atom stereocenters. The quantitative estimate of drug-likeness (QED) is 0.757. The Hall–Kier alpha value is -0.350. The Balaban J connectivity index is 3.34. The molecule has 0 N–H and O–H groups in total. The minimum atomic E-state index is -3.57. The lowest BCUT2D eigenvalue weighted by Gasteiger charge is -2.18. The summed E-state index contributed by atoms with van der Waals surface area (Å²) in [7, 11) is -1.07.